The number of phenols is 1. The van der Waals surface area contributed by atoms with Gasteiger partial charge < -0.3 is 5.11 Å². The van der Waals surface area contributed by atoms with E-state index in [0.717, 1.165) is 11.1 Å². The molecule has 0 bridgehead atoms. The van der Waals surface area contributed by atoms with Gasteiger partial charge in [-0.3, -0.25) is 0 Å². The molecule has 86 valence electrons. The van der Waals surface area contributed by atoms with E-state index in [9.17, 15) is 5.11 Å². The molecule has 1 nitrogen and oxygen atoms in total. The summed E-state index contributed by atoms with van der Waals surface area (Å²) >= 11 is 5.88. The van der Waals surface area contributed by atoms with Crippen molar-refractivity contribution in [2.24, 2.45) is 0 Å². The first-order chi connectivity index (χ1) is 8.25. The molecule has 0 saturated carbocycles. The van der Waals surface area contributed by atoms with E-state index in [1.165, 1.54) is 0 Å². The van der Waals surface area contributed by atoms with Crippen LogP contribution in [0.1, 0.15) is 11.1 Å². The zero-order valence-corrected chi connectivity index (χ0v) is 10.1. The molecule has 0 aliphatic carbocycles. The van der Waals surface area contributed by atoms with E-state index < -0.39 is 0 Å². The van der Waals surface area contributed by atoms with Crippen LogP contribution in [0.5, 0.6) is 5.75 Å². The standard InChI is InChI=1S/C15H13ClO/c16-14-9-10-15(17)13(11-14)8-4-7-12-5-2-1-3-6-12/h1-7,9-11,17H,8H2/b7-4+. The van der Waals surface area contributed by atoms with Gasteiger partial charge in [0.1, 0.15) is 5.75 Å². The Kier molecular flexibility index (Phi) is 3.84. The molecule has 2 aromatic rings. The lowest BCUT2D eigenvalue weighted by molar-refractivity contribution is 0.470. The van der Waals surface area contributed by atoms with Gasteiger partial charge in [0.25, 0.3) is 0 Å². The van der Waals surface area contributed by atoms with Crippen molar-refractivity contribution in [1.82, 2.24) is 0 Å². The maximum Gasteiger partial charge on any atom is 0.119 e. The Labute approximate surface area is 106 Å². The Hall–Kier alpha value is -1.73. The van der Waals surface area contributed by atoms with Gasteiger partial charge >= 0.3 is 0 Å². The number of hydrogen-bond donors (Lipinski definition) is 1. The van der Waals surface area contributed by atoms with Crippen molar-refractivity contribution in [2.75, 3.05) is 0 Å². The molecule has 1 N–H and O–H groups in total. The summed E-state index contributed by atoms with van der Waals surface area (Å²) in [4.78, 5) is 0. The van der Waals surface area contributed by atoms with Gasteiger partial charge in [0.05, 0.1) is 0 Å². The molecule has 0 saturated heterocycles. The lowest BCUT2D eigenvalue weighted by Crippen LogP contribution is -1.82. The Morgan fingerprint density at radius 1 is 1.06 bits per heavy atom. The Morgan fingerprint density at radius 3 is 2.59 bits per heavy atom. The lowest BCUT2D eigenvalue weighted by Gasteiger charge is -2.01. The SMILES string of the molecule is Oc1ccc(Cl)cc1C/C=C/c1ccccc1. The fourth-order valence-electron chi connectivity index (χ4n) is 1.60. The Balaban J connectivity index is 2.07. The van der Waals surface area contributed by atoms with Gasteiger partial charge in [0.2, 0.25) is 0 Å². The molecule has 0 atom stereocenters. The molecule has 2 aromatic carbocycles. The molecule has 0 spiro atoms. The van der Waals surface area contributed by atoms with Gasteiger partial charge in [-0.25, -0.2) is 0 Å². The van der Waals surface area contributed by atoms with Crippen LogP contribution in [0.4, 0.5) is 0 Å². The fraction of sp³-hybridized carbons (Fsp3) is 0.0667. The van der Waals surface area contributed by atoms with Crippen molar-refractivity contribution in [3.8, 4) is 5.75 Å². The third kappa shape index (κ3) is 3.36. The molecule has 0 radical (unpaired) electrons. The highest BCUT2D eigenvalue weighted by Gasteiger charge is 1.99. The topological polar surface area (TPSA) is 20.2 Å². The van der Waals surface area contributed by atoms with E-state index in [-0.39, 0.29) is 5.75 Å². The number of halogens is 1. The summed E-state index contributed by atoms with van der Waals surface area (Å²) < 4.78 is 0. The summed E-state index contributed by atoms with van der Waals surface area (Å²) in [6.45, 7) is 0. The largest absolute Gasteiger partial charge is 0.508 e. The van der Waals surface area contributed by atoms with Crippen molar-refractivity contribution >= 4 is 17.7 Å². The van der Waals surface area contributed by atoms with E-state index in [2.05, 4.69) is 0 Å². The molecule has 0 fully saturated rings. The molecule has 17 heavy (non-hydrogen) atoms. The summed E-state index contributed by atoms with van der Waals surface area (Å²) in [5.41, 5.74) is 1.98. The Morgan fingerprint density at radius 2 is 1.82 bits per heavy atom. The third-order valence-electron chi connectivity index (χ3n) is 2.49. The van der Waals surface area contributed by atoms with Crippen molar-refractivity contribution in [2.45, 2.75) is 6.42 Å². The quantitative estimate of drug-likeness (QED) is 0.854. The summed E-state index contributed by atoms with van der Waals surface area (Å²) in [5.74, 6) is 0.284. The maximum atomic E-state index is 9.64. The van der Waals surface area contributed by atoms with Crippen LogP contribution in [0.15, 0.2) is 54.6 Å². The molecular formula is C15H13ClO. The summed E-state index contributed by atoms with van der Waals surface area (Å²) in [5, 5.41) is 10.3. The van der Waals surface area contributed by atoms with Gasteiger partial charge in [-0.1, -0.05) is 54.1 Å². The normalized spacial score (nSPS) is 10.9. The second-order valence-electron chi connectivity index (χ2n) is 3.79. The van der Waals surface area contributed by atoms with Crippen LogP contribution < -0.4 is 0 Å². The molecule has 0 amide bonds. The number of aromatic hydroxyl groups is 1. The van der Waals surface area contributed by atoms with Gasteiger partial charge in [-0.15, -0.1) is 0 Å². The van der Waals surface area contributed by atoms with Crippen molar-refractivity contribution < 1.29 is 5.11 Å². The van der Waals surface area contributed by atoms with Gasteiger partial charge in [0.15, 0.2) is 0 Å². The first-order valence-electron chi connectivity index (χ1n) is 5.45. The second kappa shape index (κ2) is 5.55. The molecule has 2 heteroatoms. The molecular weight excluding hydrogens is 232 g/mol. The average Bonchev–Trinajstić information content (AvgIpc) is 2.35. The highest BCUT2D eigenvalue weighted by molar-refractivity contribution is 6.30. The zero-order valence-electron chi connectivity index (χ0n) is 9.31. The summed E-state index contributed by atoms with van der Waals surface area (Å²) in [6, 6.07) is 15.1. The maximum absolute atomic E-state index is 9.64. The van der Waals surface area contributed by atoms with Crippen LogP contribution in [0, 0.1) is 0 Å². The highest BCUT2D eigenvalue weighted by atomic mass is 35.5. The van der Waals surface area contributed by atoms with Crippen LogP contribution in [-0.2, 0) is 6.42 Å². The van der Waals surface area contributed by atoms with E-state index in [4.69, 9.17) is 11.6 Å². The predicted molar refractivity (Wildman–Crippen MR) is 72.3 cm³/mol. The minimum atomic E-state index is 0.284. The molecule has 0 unspecified atom stereocenters. The second-order valence-corrected chi connectivity index (χ2v) is 4.23. The first kappa shape index (κ1) is 11.7. The minimum Gasteiger partial charge on any atom is -0.508 e. The lowest BCUT2D eigenvalue weighted by atomic mass is 10.1. The number of benzene rings is 2. The molecule has 0 aliphatic heterocycles. The van der Waals surface area contributed by atoms with Crippen LogP contribution in [0.2, 0.25) is 5.02 Å². The smallest absolute Gasteiger partial charge is 0.119 e. The van der Waals surface area contributed by atoms with Gasteiger partial charge in [-0.2, -0.15) is 0 Å². The van der Waals surface area contributed by atoms with Crippen LogP contribution >= 0.6 is 11.6 Å². The van der Waals surface area contributed by atoms with Crippen LogP contribution in [-0.4, -0.2) is 5.11 Å². The molecule has 0 heterocycles. The Bertz CT molecular complexity index is 518. The third-order valence-corrected chi connectivity index (χ3v) is 2.72. The van der Waals surface area contributed by atoms with Gasteiger partial charge in [-0.05, 0) is 35.7 Å². The highest BCUT2D eigenvalue weighted by Crippen LogP contribution is 2.22. The van der Waals surface area contributed by atoms with Crippen molar-refractivity contribution in [1.29, 1.82) is 0 Å². The average molecular weight is 245 g/mol. The molecule has 2 rings (SSSR count). The van der Waals surface area contributed by atoms with E-state index in [1.54, 1.807) is 18.2 Å². The zero-order chi connectivity index (χ0) is 12.1. The van der Waals surface area contributed by atoms with E-state index >= 15 is 0 Å². The summed E-state index contributed by atoms with van der Waals surface area (Å²) in [6.07, 6.45) is 4.71. The van der Waals surface area contributed by atoms with Crippen LogP contribution in [0.3, 0.4) is 0 Å². The number of rotatable bonds is 3. The van der Waals surface area contributed by atoms with Crippen molar-refractivity contribution in [3.63, 3.8) is 0 Å². The fourth-order valence-corrected chi connectivity index (χ4v) is 1.80. The van der Waals surface area contributed by atoms with Gasteiger partial charge in [0, 0.05) is 5.02 Å². The minimum absolute atomic E-state index is 0.284. The summed E-state index contributed by atoms with van der Waals surface area (Å²) in [7, 11) is 0. The number of hydrogen-bond acceptors (Lipinski definition) is 1. The van der Waals surface area contributed by atoms with E-state index in [0.29, 0.717) is 11.4 Å². The molecule has 0 aromatic heterocycles. The van der Waals surface area contributed by atoms with Crippen molar-refractivity contribution in [3.05, 3.63) is 70.8 Å². The molecule has 0 aliphatic rings. The van der Waals surface area contributed by atoms with Crippen LogP contribution in [0.25, 0.3) is 6.08 Å². The first-order valence-corrected chi connectivity index (χ1v) is 5.82. The monoisotopic (exact) mass is 244 g/mol. The predicted octanol–water partition coefficient (Wildman–Crippen LogP) is 4.30. The van der Waals surface area contributed by atoms with E-state index in [1.807, 2.05) is 42.5 Å². The number of phenolic OH excluding ortho intramolecular Hbond substituents is 1. The number of allylic oxidation sites excluding steroid dienone is 1.